The zero-order valence-electron chi connectivity index (χ0n) is 11.4. The predicted molar refractivity (Wildman–Crippen MR) is 78.0 cm³/mol. The summed E-state index contributed by atoms with van der Waals surface area (Å²) in [6, 6.07) is 21.4. The maximum atomic E-state index is 11.6. The molecule has 3 rings (SSSR count). The van der Waals surface area contributed by atoms with Gasteiger partial charge in [0.05, 0.1) is 5.92 Å². The van der Waals surface area contributed by atoms with E-state index in [1.165, 1.54) is 11.9 Å². The van der Waals surface area contributed by atoms with Crippen LogP contribution in [0, 0.1) is 0 Å². The Morgan fingerprint density at radius 1 is 0.850 bits per heavy atom. The maximum absolute atomic E-state index is 11.6. The number of hydrogen-bond acceptors (Lipinski definition) is 2. The topological polar surface area (TPSA) is 37.4 Å². The predicted octanol–water partition coefficient (Wildman–Crippen LogP) is 2.85. The lowest BCUT2D eigenvalue weighted by Crippen LogP contribution is -2.25. The summed E-state index contributed by atoms with van der Waals surface area (Å²) in [6.07, 6.45) is 0.305. The molecule has 1 fully saturated rings. The van der Waals surface area contributed by atoms with Crippen molar-refractivity contribution < 1.29 is 9.59 Å². The molecule has 0 bridgehead atoms. The second kappa shape index (κ2) is 6.66. The molecule has 0 N–H and O–H groups in total. The van der Waals surface area contributed by atoms with Gasteiger partial charge in [-0.25, -0.2) is 0 Å². The molecule has 1 aliphatic heterocycles. The molecular weight excluding hydrogens is 250 g/mol. The fourth-order valence-electron chi connectivity index (χ4n) is 2.09. The monoisotopic (exact) mass is 267 g/mol. The molecule has 2 aromatic carbocycles. The van der Waals surface area contributed by atoms with E-state index >= 15 is 0 Å². The third-order valence-corrected chi connectivity index (χ3v) is 3.25. The molecule has 0 saturated carbocycles. The van der Waals surface area contributed by atoms with E-state index in [0.717, 1.165) is 5.56 Å². The van der Waals surface area contributed by atoms with Gasteiger partial charge in [0.2, 0.25) is 11.8 Å². The van der Waals surface area contributed by atoms with Crippen LogP contribution in [0.2, 0.25) is 0 Å². The van der Waals surface area contributed by atoms with Crippen LogP contribution in [0.3, 0.4) is 0 Å². The molecule has 0 spiro atoms. The number of carbonyl (C=O) groups is 2. The van der Waals surface area contributed by atoms with Crippen LogP contribution in [-0.4, -0.2) is 23.8 Å². The summed E-state index contributed by atoms with van der Waals surface area (Å²) in [5.74, 6) is -0.459. The highest BCUT2D eigenvalue weighted by Crippen LogP contribution is 2.27. The average molecular weight is 267 g/mol. The van der Waals surface area contributed by atoms with Crippen LogP contribution >= 0.6 is 0 Å². The first-order valence-electron chi connectivity index (χ1n) is 6.55. The van der Waals surface area contributed by atoms with Crippen molar-refractivity contribution in [2.75, 3.05) is 7.05 Å². The van der Waals surface area contributed by atoms with Crippen LogP contribution in [0.15, 0.2) is 66.7 Å². The molecule has 2 aromatic rings. The highest BCUT2D eigenvalue weighted by Gasteiger charge is 2.36. The molecule has 0 aromatic heterocycles. The first-order chi connectivity index (χ1) is 9.70. The zero-order valence-corrected chi connectivity index (χ0v) is 11.4. The molecule has 1 heterocycles. The molecule has 20 heavy (non-hydrogen) atoms. The number of likely N-dealkylation sites (N-methyl/N-ethyl adjacent to an activating group) is 1. The number of rotatable bonds is 1. The summed E-state index contributed by atoms with van der Waals surface area (Å²) in [5.41, 5.74) is 0.926. The summed E-state index contributed by atoms with van der Waals surface area (Å²) in [5, 5.41) is 0. The Bertz CT molecular complexity index is 539. The number of amides is 2. The fraction of sp³-hybridized carbons (Fsp3) is 0.176. The summed E-state index contributed by atoms with van der Waals surface area (Å²) in [4.78, 5) is 24.1. The molecule has 1 aliphatic rings. The highest BCUT2D eigenvalue weighted by atomic mass is 16.2. The highest BCUT2D eigenvalue weighted by molar-refractivity contribution is 6.05. The third-order valence-electron chi connectivity index (χ3n) is 3.25. The van der Waals surface area contributed by atoms with Crippen LogP contribution in [0.4, 0.5) is 0 Å². The van der Waals surface area contributed by atoms with Gasteiger partial charge in [-0.3, -0.25) is 14.5 Å². The van der Waals surface area contributed by atoms with Gasteiger partial charge in [-0.15, -0.1) is 0 Å². The van der Waals surface area contributed by atoms with E-state index in [1.54, 1.807) is 0 Å². The van der Waals surface area contributed by atoms with E-state index in [0.29, 0.717) is 6.42 Å². The van der Waals surface area contributed by atoms with Gasteiger partial charge in [0.1, 0.15) is 0 Å². The molecule has 0 radical (unpaired) electrons. The number of benzene rings is 2. The van der Waals surface area contributed by atoms with Crippen molar-refractivity contribution >= 4 is 11.8 Å². The van der Waals surface area contributed by atoms with Crippen LogP contribution < -0.4 is 0 Å². The van der Waals surface area contributed by atoms with Crippen LogP contribution in [-0.2, 0) is 9.59 Å². The van der Waals surface area contributed by atoms with E-state index in [4.69, 9.17) is 0 Å². The van der Waals surface area contributed by atoms with Gasteiger partial charge in [0.25, 0.3) is 0 Å². The largest absolute Gasteiger partial charge is 0.285 e. The van der Waals surface area contributed by atoms with Crippen molar-refractivity contribution in [2.24, 2.45) is 0 Å². The van der Waals surface area contributed by atoms with Gasteiger partial charge in [-0.2, -0.15) is 0 Å². The van der Waals surface area contributed by atoms with E-state index in [-0.39, 0.29) is 17.7 Å². The SMILES string of the molecule is CN1C(=O)CC(c2ccccc2)C1=O.c1ccccc1. The van der Waals surface area contributed by atoms with Crippen LogP contribution in [0.5, 0.6) is 0 Å². The number of carbonyl (C=O) groups excluding carboxylic acids is 2. The molecule has 1 atom stereocenters. The van der Waals surface area contributed by atoms with Crippen molar-refractivity contribution in [3.8, 4) is 0 Å². The molecule has 102 valence electrons. The second-order valence-electron chi connectivity index (χ2n) is 4.61. The Morgan fingerprint density at radius 2 is 1.30 bits per heavy atom. The normalized spacial score (nSPS) is 17.6. The molecule has 3 heteroatoms. The molecule has 1 saturated heterocycles. The lowest BCUT2D eigenvalue weighted by Gasteiger charge is -2.08. The van der Waals surface area contributed by atoms with Crippen molar-refractivity contribution in [2.45, 2.75) is 12.3 Å². The standard InChI is InChI=1S/C11H11NO2.C6H6/c1-12-10(13)7-9(11(12)14)8-5-3-2-4-6-8;1-2-4-6-5-3-1/h2-6,9H,7H2,1H3;1-6H. The van der Waals surface area contributed by atoms with Crippen molar-refractivity contribution in [3.05, 3.63) is 72.3 Å². The van der Waals surface area contributed by atoms with Gasteiger partial charge in [0.15, 0.2) is 0 Å². The van der Waals surface area contributed by atoms with Crippen LogP contribution in [0.25, 0.3) is 0 Å². The first-order valence-corrected chi connectivity index (χ1v) is 6.55. The van der Waals surface area contributed by atoms with Crippen LogP contribution in [0.1, 0.15) is 17.9 Å². The Kier molecular flexibility index (Phi) is 4.66. The third kappa shape index (κ3) is 3.32. The molecule has 1 unspecified atom stereocenters. The number of hydrogen-bond donors (Lipinski definition) is 0. The minimum atomic E-state index is -0.270. The smallest absolute Gasteiger partial charge is 0.236 e. The summed E-state index contributed by atoms with van der Waals surface area (Å²) in [7, 11) is 1.54. The Morgan fingerprint density at radius 3 is 1.70 bits per heavy atom. The number of likely N-dealkylation sites (tertiary alicyclic amines) is 1. The minimum absolute atomic E-state index is 0.0937. The Hall–Kier alpha value is -2.42. The maximum Gasteiger partial charge on any atom is 0.236 e. The minimum Gasteiger partial charge on any atom is -0.285 e. The lowest BCUT2D eigenvalue weighted by atomic mass is 9.98. The van der Waals surface area contributed by atoms with Crippen molar-refractivity contribution in [3.63, 3.8) is 0 Å². The average Bonchev–Trinajstić information content (AvgIpc) is 2.78. The van der Waals surface area contributed by atoms with E-state index in [9.17, 15) is 9.59 Å². The first kappa shape index (κ1) is 14.0. The molecule has 0 aliphatic carbocycles. The summed E-state index contributed by atoms with van der Waals surface area (Å²) >= 11 is 0. The Labute approximate surface area is 118 Å². The van der Waals surface area contributed by atoms with Gasteiger partial charge < -0.3 is 0 Å². The van der Waals surface area contributed by atoms with E-state index in [2.05, 4.69) is 0 Å². The molecule has 3 nitrogen and oxygen atoms in total. The number of nitrogens with zero attached hydrogens (tertiary/aromatic N) is 1. The molecular formula is C17H17NO2. The summed E-state index contributed by atoms with van der Waals surface area (Å²) < 4.78 is 0. The summed E-state index contributed by atoms with van der Waals surface area (Å²) in [6.45, 7) is 0. The van der Waals surface area contributed by atoms with Gasteiger partial charge >= 0.3 is 0 Å². The van der Waals surface area contributed by atoms with E-state index < -0.39 is 0 Å². The van der Waals surface area contributed by atoms with Crippen molar-refractivity contribution in [1.29, 1.82) is 0 Å². The zero-order chi connectivity index (χ0) is 14.4. The fourth-order valence-corrected chi connectivity index (χ4v) is 2.09. The van der Waals surface area contributed by atoms with E-state index in [1.807, 2.05) is 66.7 Å². The lowest BCUT2D eigenvalue weighted by molar-refractivity contribution is -0.137. The van der Waals surface area contributed by atoms with Crippen molar-refractivity contribution in [1.82, 2.24) is 4.90 Å². The number of imide groups is 1. The quantitative estimate of drug-likeness (QED) is 0.745. The molecule has 2 amide bonds. The van der Waals surface area contributed by atoms with Gasteiger partial charge in [0, 0.05) is 13.5 Å². The van der Waals surface area contributed by atoms with Gasteiger partial charge in [-0.05, 0) is 5.56 Å². The second-order valence-corrected chi connectivity index (χ2v) is 4.61. The van der Waals surface area contributed by atoms with Gasteiger partial charge in [-0.1, -0.05) is 66.7 Å². The Balaban J connectivity index is 0.000000205.